The van der Waals surface area contributed by atoms with Crippen LogP contribution in [0.1, 0.15) is 34.6 Å². The van der Waals surface area contributed by atoms with Gasteiger partial charge in [0.05, 0.1) is 11.2 Å². The third kappa shape index (κ3) is 2.24. The van der Waals surface area contributed by atoms with Crippen molar-refractivity contribution in [1.29, 1.82) is 0 Å². The van der Waals surface area contributed by atoms with Gasteiger partial charge in [0.15, 0.2) is 0 Å². The van der Waals surface area contributed by atoms with E-state index in [-0.39, 0.29) is 24.4 Å². The lowest BCUT2D eigenvalue weighted by Gasteiger charge is -2.32. The Morgan fingerprint density at radius 1 is 1.15 bits per heavy atom. The average molecular weight is 186 g/mol. The van der Waals surface area contributed by atoms with Crippen molar-refractivity contribution >= 4 is 7.12 Å². The first-order valence-electron chi connectivity index (χ1n) is 4.78. The van der Waals surface area contributed by atoms with Crippen molar-refractivity contribution < 1.29 is 14.4 Å². The molecule has 13 heavy (non-hydrogen) atoms. The fourth-order valence-electron chi connectivity index (χ4n) is 1.34. The zero-order chi connectivity index (χ0) is 10.3. The Morgan fingerprint density at radius 3 is 1.85 bits per heavy atom. The standard InChI is InChI=1S/C9H19BO3/c1-7(11)6-10-12-8(2,3)9(4,5)13-10/h7,11H,6H2,1-5H3. The minimum Gasteiger partial charge on any atom is -0.403 e. The van der Waals surface area contributed by atoms with Gasteiger partial charge in [-0.1, -0.05) is 0 Å². The van der Waals surface area contributed by atoms with Crippen molar-refractivity contribution in [2.75, 3.05) is 0 Å². The minimum atomic E-state index is -0.380. The molecule has 1 aliphatic rings. The Morgan fingerprint density at radius 2 is 1.54 bits per heavy atom. The molecule has 0 aliphatic carbocycles. The quantitative estimate of drug-likeness (QED) is 0.663. The third-order valence-electron chi connectivity index (χ3n) is 2.84. The highest BCUT2D eigenvalue weighted by molar-refractivity contribution is 6.45. The summed E-state index contributed by atoms with van der Waals surface area (Å²) in [6.07, 6.45) is 0.155. The highest BCUT2D eigenvalue weighted by Gasteiger charge is 2.50. The molecule has 0 spiro atoms. The fourth-order valence-corrected chi connectivity index (χ4v) is 1.34. The normalized spacial score (nSPS) is 27.7. The molecule has 0 aromatic carbocycles. The molecular formula is C9H19BO3. The van der Waals surface area contributed by atoms with Crippen LogP contribution < -0.4 is 0 Å². The highest BCUT2D eigenvalue weighted by atomic mass is 16.7. The molecular weight excluding hydrogens is 167 g/mol. The molecule has 1 saturated heterocycles. The van der Waals surface area contributed by atoms with Gasteiger partial charge in [0.2, 0.25) is 0 Å². The van der Waals surface area contributed by atoms with E-state index in [9.17, 15) is 5.11 Å². The molecule has 4 heteroatoms. The van der Waals surface area contributed by atoms with E-state index in [1.165, 1.54) is 0 Å². The molecule has 0 aromatic heterocycles. The lowest BCUT2D eigenvalue weighted by Crippen LogP contribution is -2.41. The second-order valence-corrected chi connectivity index (χ2v) is 4.77. The number of hydrogen-bond donors (Lipinski definition) is 1. The predicted octanol–water partition coefficient (Wildman–Crippen LogP) is 1.46. The van der Waals surface area contributed by atoms with Gasteiger partial charge in [-0.25, -0.2) is 0 Å². The predicted molar refractivity (Wildman–Crippen MR) is 52.6 cm³/mol. The van der Waals surface area contributed by atoms with Gasteiger partial charge in [-0.2, -0.15) is 0 Å². The molecule has 0 bridgehead atoms. The second kappa shape index (κ2) is 3.26. The van der Waals surface area contributed by atoms with E-state index in [1.807, 2.05) is 27.7 Å². The first-order chi connectivity index (χ1) is 5.74. The number of rotatable bonds is 2. The first-order valence-corrected chi connectivity index (χ1v) is 4.78. The Kier molecular flexibility index (Phi) is 2.77. The minimum absolute atomic E-state index is 0.273. The molecule has 76 valence electrons. The summed E-state index contributed by atoms with van der Waals surface area (Å²) in [5.41, 5.74) is -0.570. The van der Waals surface area contributed by atoms with Crippen molar-refractivity contribution in [3.63, 3.8) is 0 Å². The van der Waals surface area contributed by atoms with Crippen LogP contribution in [0.15, 0.2) is 0 Å². The van der Waals surface area contributed by atoms with Crippen molar-refractivity contribution in [3.05, 3.63) is 0 Å². The zero-order valence-corrected chi connectivity index (χ0v) is 9.13. The second-order valence-electron chi connectivity index (χ2n) is 4.77. The van der Waals surface area contributed by atoms with Crippen LogP contribution in [0.5, 0.6) is 0 Å². The maximum absolute atomic E-state index is 9.19. The van der Waals surface area contributed by atoms with Crippen LogP contribution in [-0.4, -0.2) is 29.5 Å². The number of aliphatic hydroxyl groups excluding tert-OH is 1. The lowest BCUT2D eigenvalue weighted by molar-refractivity contribution is 0.00578. The van der Waals surface area contributed by atoms with Gasteiger partial charge >= 0.3 is 7.12 Å². The fraction of sp³-hybridized carbons (Fsp3) is 1.00. The largest absolute Gasteiger partial charge is 0.460 e. The van der Waals surface area contributed by atoms with Gasteiger partial charge in [-0.05, 0) is 34.6 Å². The number of hydrogen-bond acceptors (Lipinski definition) is 3. The molecule has 1 atom stereocenters. The number of aliphatic hydroxyl groups is 1. The Balaban J connectivity index is 2.60. The third-order valence-corrected chi connectivity index (χ3v) is 2.84. The molecule has 1 fully saturated rings. The van der Waals surface area contributed by atoms with E-state index >= 15 is 0 Å². The van der Waals surface area contributed by atoms with Crippen molar-refractivity contribution in [3.8, 4) is 0 Å². The summed E-state index contributed by atoms with van der Waals surface area (Å²) in [6.45, 7) is 9.78. The molecule has 3 nitrogen and oxygen atoms in total. The highest BCUT2D eigenvalue weighted by Crippen LogP contribution is 2.37. The van der Waals surface area contributed by atoms with Crippen LogP contribution in [0.4, 0.5) is 0 Å². The van der Waals surface area contributed by atoms with Gasteiger partial charge in [0.1, 0.15) is 0 Å². The zero-order valence-electron chi connectivity index (χ0n) is 9.13. The molecule has 1 heterocycles. The summed E-state index contributed by atoms with van der Waals surface area (Å²) >= 11 is 0. The van der Waals surface area contributed by atoms with Crippen LogP contribution in [0, 0.1) is 0 Å². The Hall–Kier alpha value is -0.0551. The summed E-state index contributed by atoms with van der Waals surface area (Å²) in [6, 6.07) is 0. The van der Waals surface area contributed by atoms with E-state index in [2.05, 4.69) is 0 Å². The molecule has 0 radical (unpaired) electrons. The van der Waals surface area contributed by atoms with Gasteiger partial charge in [-0.3, -0.25) is 0 Å². The van der Waals surface area contributed by atoms with Gasteiger partial charge in [-0.15, -0.1) is 0 Å². The first kappa shape index (κ1) is 11.0. The lowest BCUT2D eigenvalue weighted by atomic mass is 9.82. The molecule has 0 saturated carbocycles. The smallest absolute Gasteiger partial charge is 0.403 e. The Labute approximate surface area is 80.6 Å². The van der Waals surface area contributed by atoms with Crippen LogP contribution >= 0.6 is 0 Å². The summed E-state index contributed by atoms with van der Waals surface area (Å²) in [7, 11) is -0.273. The SMILES string of the molecule is CC(O)CB1OC(C)(C)C(C)(C)O1. The summed E-state index contributed by atoms with van der Waals surface area (Å²) in [5.74, 6) is 0. The molecule has 0 amide bonds. The van der Waals surface area contributed by atoms with Crippen LogP contribution in [0.25, 0.3) is 0 Å². The van der Waals surface area contributed by atoms with Crippen LogP contribution in [0.3, 0.4) is 0 Å². The van der Waals surface area contributed by atoms with E-state index < -0.39 is 0 Å². The van der Waals surface area contributed by atoms with Gasteiger partial charge < -0.3 is 14.4 Å². The van der Waals surface area contributed by atoms with E-state index in [0.717, 1.165) is 0 Å². The molecule has 1 N–H and O–H groups in total. The van der Waals surface area contributed by atoms with E-state index in [1.54, 1.807) is 6.92 Å². The Bertz CT molecular complexity index is 173. The van der Waals surface area contributed by atoms with Crippen molar-refractivity contribution in [1.82, 2.24) is 0 Å². The summed E-state index contributed by atoms with van der Waals surface area (Å²) in [4.78, 5) is 0. The molecule has 1 rings (SSSR count). The van der Waals surface area contributed by atoms with Crippen LogP contribution in [-0.2, 0) is 9.31 Å². The molecule has 1 aliphatic heterocycles. The van der Waals surface area contributed by atoms with E-state index in [0.29, 0.717) is 6.32 Å². The van der Waals surface area contributed by atoms with Gasteiger partial charge in [0.25, 0.3) is 0 Å². The van der Waals surface area contributed by atoms with E-state index in [4.69, 9.17) is 9.31 Å². The maximum Gasteiger partial charge on any atom is 0.460 e. The topological polar surface area (TPSA) is 38.7 Å². The molecule has 1 unspecified atom stereocenters. The average Bonchev–Trinajstić information content (AvgIpc) is 1.98. The summed E-state index contributed by atoms with van der Waals surface area (Å²) in [5, 5.41) is 9.19. The van der Waals surface area contributed by atoms with Crippen molar-refractivity contribution in [2.45, 2.75) is 58.2 Å². The maximum atomic E-state index is 9.19. The van der Waals surface area contributed by atoms with Gasteiger partial charge in [0, 0.05) is 12.4 Å². The van der Waals surface area contributed by atoms with Crippen molar-refractivity contribution in [2.24, 2.45) is 0 Å². The van der Waals surface area contributed by atoms with Crippen LogP contribution in [0.2, 0.25) is 6.32 Å². The summed E-state index contributed by atoms with van der Waals surface area (Å²) < 4.78 is 11.4. The monoisotopic (exact) mass is 186 g/mol. The molecule has 0 aromatic rings.